The molecule has 0 amide bonds. The predicted octanol–water partition coefficient (Wildman–Crippen LogP) is 3.91. The van der Waals surface area contributed by atoms with Crippen LogP contribution < -0.4 is 5.32 Å². The molecule has 2 heteroatoms. The van der Waals surface area contributed by atoms with Crippen LogP contribution in [0.3, 0.4) is 0 Å². The Bertz CT molecular complexity index is 219. The third-order valence-corrected chi connectivity index (χ3v) is 4.69. The van der Waals surface area contributed by atoms with Gasteiger partial charge in [-0.15, -0.1) is 0 Å². The average Bonchev–Trinajstić information content (AvgIpc) is 2.37. The molecule has 1 rings (SSSR count). The molecular weight excluding hydrogens is 232 g/mol. The van der Waals surface area contributed by atoms with Gasteiger partial charge in [-0.3, -0.25) is 4.90 Å². The van der Waals surface area contributed by atoms with Crippen LogP contribution >= 0.6 is 0 Å². The lowest BCUT2D eigenvalue weighted by atomic mass is 9.86. The summed E-state index contributed by atoms with van der Waals surface area (Å²) in [6, 6.07) is 1.55. The van der Waals surface area contributed by atoms with Crippen molar-refractivity contribution in [2.24, 2.45) is 11.8 Å². The summed E-state index contributed by atoms with van der Waals surface area (Å²) < 4.78 is 0. The summed E-state index contributed by atoms with van der Waals surface area (Å²) in [5.41, 5.74) is 0. The van der Waals surface area contributed by atoms with E-state index in [9.17, 15) is 0 Å². The molecule has 1 aliphatic carbocycles. The van der Waals surface area contributed by atoms with Gasteiger partial charge in [-0.2, -0.15) is 0 Å². The first-order valence-electron chi connectivity index (χ1n) is 8.47. The lowest BCUT2D eigenvalue weighted by molar-refractivity contribution is 0.115. The Hall–Kier alpha value is -0.0800. The Morgan fingerprint density at radius 3 is 2.26 bits per heavy atom. The minimum absolute atomic E-state index is 0.724. The van der Waals surface area contributed by atoms with E-state index in [0.717, 1.165) is 37.0 Å². The molecule has 1 unspecified atom stereocenters. The van der Waals surface area contributed by atoms with Crippen LogP contribution in [0.15, 0.2) is 0 Å². The van der Waals surface area contributed by atoms with Gasteiger partial charge in [0, 0.05) is 18.6 Å². The average molecular weight is 268 g/mol. The van der Waals surface area contributed by atoms with Crippen molar-refractivity contribution in [2.75, 3.05) is 20.1 Å². The van der Waals surface area contributed by atoms with E-state index in [2.05, 4.69) is 45.0 Å². The molecule has 0 spiro atoms. The van der Waals surface area contributed by atoms with E-state index in [1.807, 2.05) is 0 Å². The van der Waals surface area contributed by atoms with Gasteiger partial charge in [-0.1, -0.05) is 34.1 Å². The molecule has 0 heterocycles. The highest BCUT2D eigenvalue weighted by molar-refractivity contribution is 4.82. The standard InChI is InChI=1S/C17H36N2/c1-6-7-17(13-18-12-14(2)3)19(5)16-10-8-15(4)9-11-16/h14-18H,6-13H2,1-5H3. The molecule has 1 atom stereocenters. The van der Waals surface area contributed by atoms with Gasteiger partial charge in [-0.05, 0) is 57.5 Å². The smallest absolute Gasteiger partial charge is 0.0220 e. The maximum absolute atomic E-state index is 3.66. The third-order valence-electron chi connectivity index (χ3n) is 4.69. The van der Waals surface area contributed by atoms with Crippen molar-refractivity contribution in [3.8, 4) is 0 Å². The summed E-state index contributed by atoms with van der Waals surface area (Å²) >= 11 is 0. The van der Waals surface area contributed by atoms with E-state index in [-0.39, 0.29) is 0 Å². The van der Waals surface area contributed by atoms with Crippen molar-refractivity contribution < 1.29 is 0 Å². The molecule has 114 valence electrons. The summed E-state index contributed by atoms with van der Waals surface area (Å²) in [5.74, 6) is 1.71. The van der Waals surface area contributed by atoms with E-state index >= 15 is 0 Å². The molecule has 0 bridgehead atoms. The first-order valence-corrected chi connectivity index (χ1v) is 8.47. The van der Waals surface area contributed by atoms with Crippen molar-refractivity contribution in [2.45, 2.75) is 78.3 Å². The van der Waals surface area contributed by atoms with Crippen molar-refractivity contribution in [3.05, 3.63) is 0 Å². The van der Waals surface area contributed by atoms with E-state index in [0.29, 0.717) is 0 Å². The molecule has 1 aliphatic rings. The van der Waals surface area contributed by atoms with Gasteiger partial charge in [0.15, 0.2) is 0 Å². The lowest BCUT2D eigenvalue weighted by Crippen LogP contribution is -2.47. The van der Waals surface area contributed by atoms with Crippen LogP contribution in [0.1, 0.15) is 66.2 Å². The van der Waals surface area contributed by atoms with Crippen molar-refractivity contribution in [3.63, 3.8) is 0 Å². The zero-order chi connectivity index (χ0) is 14.3. The molecule has 1 saturated carbocycles. The Labute approximate surface area is 121 Å². The largest absolute Gasteiger partial charge is 0.315 e. The minimum Gasteiger partial charge on any atom is -0.315 e. The third kappa shape index (κ3) is 6.27. The van der Waals surface area contributed by atoms with E-state index < -0.39 is 0 Å². The molecule has 2 nitrogen and oxygen atoms in total. The number of hydrogen-bond donors (Lipinski definition) is 1. The van der Waals surface area contributed by atoms with E-state index in [1.54, 1.807) is 0 Å². The van der Waals surface area contributed by atoms with Gasteiger partial charge < -0.3 is 5.32 Å². The molecule has 0 aromatic rings. The maximum atomic E-state index is 3.66. The van der Waals surface area contributed by atoms with Crippen molar-refractivity contribution in [1.82, 2.24) is 10.2 Å². The van der Waals surface area contributed by atoms with Crippen LogP contribution in [0.2, 0.25) is 0 Å². The number of nitrogens with one attached hydrogen (secondary N) is 1. The molecule has 1 N–H and O–H groups in total. The van der Waals surface area contributed by atoms with Crippen LogP contribution in [0.25, 0.3) is 0 Å². The molecular formula is C17H36N2. The molecule has 0 radical (unpaired) electrons. The number of nitrogens with zero attached hydrogens (tertiary/aromatic N) is 1. The van der Waals surface area contributed by atoms with Crippen LogP contribution in [-0.4, -0.2) is 37.1 Å². The van der Waals surface area contributed by atoms with Gasteiger partial charge >= 0.3 is 0 Å². The summed E-state index contributed by atoms with van der Waals surface area (Å²) in [6.45, 7) is 11.6. The highest BCUT2D eigenvalue weighted by atomic mass is 15.2. The lowest BCUT2D eigenvalue weighted by Gasteiger charge is -2.39. The van der Waals surface area contributed by atoms with E-state index in [4.69, 9.17) is 0 Å². The Morgan fingerprint density at radius 1 is 1.11 bits per heavy atom. The summed E-state index contributed by atoms with van der Waals surface area (Å²) in [4.78, 5) is 2.68. The quantitative estimate of drug-likeness (QED) is 0.718. The highest BCUT2D eigenvalue weighted by Gasteiger charge is 2.25. The first kappa shape index (κ1) is 17.0. The predicted molar refractivity (Wildman–Crippen MR) is 85.6 cm³/mol. The second-order valence-electron chi connectivity index (χ2n) is 7.07. The van der Waals surface area contributed by atoms with E-state index in [1.165, 1.54) is 38.5 Å². The zero-order valence-corrected chi connectivity index (χ0v) is 13.9. The molecule has 0 saturated heterocycles. The van der Waals surface area contributed by atoms with Crippen LogP contribution in [0.5, 0.6) is 0 Å². The monoisotopic (exact) mass is 268 g/mol. The minimum atomic E-state index is 0.724. The molecule has 0 aliphatic heterocycles. The van der Waals surface area contributed by atoms with Crippen LogP contribution in [0, 0.1) is 11.8 Å². The first-order chi connectivity index (χ1) is 9.04. The Kier molecular flexibility index (Phi) is 8.01. The SMILES string of the molecule is CCCC(CNCC(C)C)N(C)C1CCC(C)CC1. The Morgan fingerprint density at radius 2 is 1.74 bits per heavy atom. The van der Waals surface area contributed by atoms with Gasteiger partial charge in [0.1, 0.15) is 0 Å². The summed E-state index contributed by atoms with van der Waals surface area (Å²) in [6.07, 6.45) is 8.28. The second kappa shape index (κ2) is 8.97. The molecule has 0 aromatic carbocycles. The van der Waals surface area contributed by atoms with Gasteiger partial charge in [-0.25, -0.2) is 0 Å². The summed E-state index contributed by atoms with van der Waals surface area (Å²) in [5, 5.41) is 3.66. The summed E-state index contributed by atoms with van der Waals surface area (Å²) in [7, 11) is 2.36. The van der Waals surface area contributed by atoms with Crippen LogP contribution in [-0.2, 0) is 0 Å². The fourth-order valence-electron chi connectivity index (χ4n) is 3.27. The number of hydrogen-bond acceptors (Lipinski definition) is 2. The fraction of sp³-hybridized carbons (Fsp3) is 1.00. The van der Waals surface area contributed by atoms with Gasteiger partial charge in [0.05, 0.1) is 0 Å². The Balaban J connectivity index is 2.40. The maximum Gasteiger partial charge on any atom is 0.0220 e. The van der Waals surface area contributed by atoms with Crippen molar-refractivity contribution in [1.29, 1.82) is 0 Å². The van der Waals surface area contributed by atoms with Crippen molar-refractivity contribution >= 4 is 0 Å². The number of rotatable bonds is 8. The topological polar surface area (TPSA) is 15.3 Å². The second-order valence-corrected chi connectivity index (χ2v) is 7.07. The molecule has 1 fully saturated rings. The number of likely N-dealkylation sites (N-methyl/N-ethyl adjacent to an activating group) is 1. The normalized spacial score (nSPS) is 26.1. The van der Waals surface area contributed by atoms with Gasteiger partial charge in [0.2, 0.25) is 0 Å². The van der Waals surface area contributed by atoms with Crippen LogP contribution in [0.4, 0.5) is 0 Å². The zero-order valence-electron chi connectivity index (χ0n) is 13.9. The molecule has 19 heavy (non-hydrogen) atoms. The molecule has 0 aromatic heterocycles. The highest BCUT2D eigenvalue weighted by Crippen LogP contribution is 2.27. The van der Waals surface area contributed by atoms with Gasteiger partial charge in [0.25, 0.3) is 0 Å². The fourth-order valence-corrected chi connectivity index (χ4v) is 3.27.